The maximum absolute atomic E-state index is 4.71. The summed E-state index contributed by atoms with van der Waals surface area (Å²) in [5.74, 6) is 0.743. The third-order valence-electron chi connectivity index (χ3n) is 3.94. The van der Waals surface area contributed by atoms with E-state index in [4.69, 9.17) is 4.99 Å². The lowest BCUT2D eigenvalue weighted by Crippen LogP contribution is -2.31. The number of aliphatic imine (C=N–C) groups is 1. The van der Waals surface area contributed by atoms with E-state index in [1.165, 1.54) is 11.1 Å². The molecular weight excluding hydrogens is 310 g/mol. The molecule has 0 radical (unpaired) electrons. The number of hydrogen-bond donors (Lipinski definition) is 2. The van der Waals surface area contributed by atoms with Gasteiger partial charge in [0, 0.05) is 18.9 Å². The zero-order valence-electron chi connectivity index (χ0n) is 14.6. The summed E-state index contributed by atoms with van der Waals surface area (Å²) in [5, 5.41) is 10.9. The van der Waals surface area contributed by atoms with Gasteiger partial charge in [-0.15, -0.1) is 0 Å². The van der Waals surface area contributed by atoms with E-state index in [1.807, 2.05) is 48.1 Å². The van der Waals surface area contributed by atoms with Crippen molar-refractivity contribution in [3.8, 4) is 0 Å². The lowest BCUT2D eigenvalue weighted by molar-refractivity contribution is 0.692. The van der Waals surface area contributed by atoms with E-state index in [-0.39, 0.29) is 0 Å². The van der Waals surface area contributed by atoms with Crippen LogP contribution in [0.5, 0.6) is 0 Å². The molecule has 0 aliphatic heterocycles. The molecule has 2 N–H and O–H groups in total. The summed E-state index contributed by atoms with van der Waals surface area (Å²) in [6.07, 6.45) is 1.80. The largest absolute Gasteiger partial charge is 0.350 e. The molecular formula is C20H23N5. The van der Waals surface area contributed by atoms with Crippen LogP contribution in [0.4, 0.5) is 5.69 Å². The molecule has 2 aromatic carbocycles. The van der Waals surface area contributed by atoms with Crippen molar-refractivity contribution in [1.82, 2.24) is 15.1 Å². The van der Waals surface area contributed by atoms with Crippen molar-refractivity contribution in [3.63, 3.8) is 0 Å². The highest BCUT2D eigenvalue weighted by molar-refractivity contribution is 5.93. The number of aromatic nitrogens is 2. The first-order valence-electron chi connectivity index (χ1n) is 8.33. The zero-order valence-corrected chi connectivity index (χ0v) is 14.6. The fourth-order valence-electron chi connectivity index (χ4n) is 2.41. The van der Waals surface area contributed by atoms with E-state index in [2.05, 4.69) is 46.9 Å². The molecule has 0 unspecified atom stereocenters. The van der Waals surface area contributed by atoms with Crippen LogP contribution in [-0.4, -0.2) is 15.7 Å². The van der Waals surface area contributed by atoms with Gasteiger partial charge in [0.2, 0.25) is 0 Å². The molecule has 0 atom stereocenters. The van der Waals surface area contributed by atoms with Crippen molar-refractivity contribution in [1.29, 1.82) is 0 Å². The van der Waals surface area contributed by atoms with Crippen LogP contribution < -0.4 is 10.6 Å². The molecule has 25 heavy (non-hydrogen) atoms. The van der Waals surface area contributed by atoms with Crippen molar-refractivity contribution < 1.29 is 0 Å². The molecule has 0 aliphatic carbocycles. The predicted molar refractivity (Wildman–Crippen MR) is 102 cm³/mol. The molecule has 5 heteroatoms. The van der Waals surface area contributed by atoms with Crippen LogP contribution in [0.3, 0.4) is 0 Å². The maximum Gasteiger partial charge on any atom is 0.196 e. The van der Waals surface area contributed by atoms with Gasteiger partial charge in [-0.3, -0.25) is 4.68 Å². The summed E-state index contributed by atoms with van der Waals surface area (Å²) in [5.41, 5.74) is 4.53. The molecule has 0 fully saturated rings. The van der Waals surface area contributed by atoms with Crippen LogP contribution in [0, 0.1) is 6.92 Å². The van der Waals surface area contributed by atoms with Gasteiger partial charge in [0.15, 0.2) is 5.96 Å². The van der Waals surface area contributed by atoms with Crippen molar-refractivity contribution in [2.75, 3.05) is 5.32 Å². The number of benzene rings is 2. The highest BCUT2D eigenvalue weighted by Crippen LogP contribution is 2.07. The second-order valence-electron chi connectivity index (χ2n) is 5.94. The lowest BCUT2D eigenvalue weighted by atomic mass is 10.1. The summed E-state index contributed by atoms with van der Waals surface area (Å²) in [4.78, 5) is 4.71. The van der Waals surface area contributed by atoms with Gasteiger partial charge in [0.05, 0.1) is 18.8 Å². The average Bonchev–Trinajstić information content (AvgIpc) is 3.04. The molecule has 1 heterocycles. The first-order chi connectivity index (χ1) is 12.2. The van der Waals surface area contributed by atoms with Gasteiger partial charge in [-0.2, -0.15) is 5.10 Å². The van der Waals surface area contributed by atoms with Crippen molar-refractivity contribution >= 4 is 11.6 Å². The van der Waals surface area contributed by atoms with Crippen LogP contribution in [0.15, 0.2) is 71.9 Å². The first kappa shape index (κ1) is 16.8. The second-order valence-corrected chi connectivity index (χ2v) is 5.94. The summed E-state index contributed by atoms with van der Waals surface area (Å²) in [7, 11) is 1.94. The van der Waals surface area contributed by atoms with Crippen LogP contribution in [0.25, 0.3) is 0 Å². The number of nitrogens with one attached hydrogen (secondary N) is 2. The summed E-state index contributed by atoms with van der Waals surface area (Å²) >= 11 is 0. The number of anilines is 1. The molecule has 5 nitrogen and oxygen atoms in total. The Hall–Kier alpha value is -3.08. The Morgan fingerprint density at radius 2 is 1.80 bits per heavy atom. The number of nitrogens with zero attached hydrogens (tertiary/aromatic N) is 3. The molecule has 128 valence electrons. The Kier molecular flexibility index (Phi) is 5.46. The standard InChI is InChI=1S/C20H23N5/c1-16-8-10-17(11-9-16)14-21-20(24-18-6-4-3-5-7-18)22-15-19-12-13-23-25(19)2/h3-13H,14-15H2,1-2H3,(H2,21,22,24). The third-order valence-corrected chi connectivity index (χ3v) is 3.94. The first-order valence-corrected chi connectivity index (χ1v) is 8.33. The number of guanidine groups is 1. The summed E-state index contributed by atoms with van der Waals surface area (Å²) in [6, 6.07) is 20.5. The molecule has 3 aromatic rings. The Balaban J connectivity index is 1.71. The molecule has 3 rings (SSSR count). The SMILES string of the molecule is Cc1ccc(CN=C(NCc2ccnn2C)Nc2ccccc2)cc1. The lowest BCUT2D eigenvalue weighted by Gasteiger charge is -2.13. The second kappa shape index (κ2) is 8.15. The summed E-state index contributed by atoms with van der Waals surface area (Å²) < 4.78 is 1.85. The minimum atomic E-state index is 0.619. The predicted octanol–water partition coefficient (Wildman–Crippen LogP) is 3.49. The van der Waals surface area contributed by atoms with E-state index in [9.17, 15) is 0 Å². The van der Waals surface area contributed by atoms with Crippen LogP contribution >= 0.6 is 0 Å². The molecule has 0 saturated heterocycles. The van der Waals surface area contributed by atoms with Crippen LogP contribution in [-0.2, 0) is 20.1 Å². The van der Waals surface area contributed by atoms with E-state index >= 15 is 0 Å². The van der Waals surface area contributed by atoms with Crippen LogP contribution in [0.1, 0.15) is 16.8 Å². The molecule has 0 bridgehead atoms. The van der Waals surface area contributed by atoms with E-state index in [1.54, 1.807) is 6.20 Å². The van der Waals surface area contributed by atoms with Gasteiger partial charge >= 0.3 is 0 Å². The van der Waals surface area contributed by atoms with Gasteiger partial charge in [0.1, 0.15) is 0 Å². The van der Waals surface area contributed by atoms with Crippen molar-refractivity contribution in [3.05, 3.63) is 83.7 Å². The Labute approximate surface area is 148 Å². The Morgan fingerprint density at radius 3 is 2.48 bits per heavy atom. The van der Waals surface area contributed by atoms with Crippen molar-refractivity contribution in [2.45, 2.75) is 20.0 Å². The molecule has 0 spiro atoms. The number of para-hydroxylation sites is 1. The molecule has 1 aromatic heterocycles. The van der Waals surface area contributed by atoms with Gasteiger partial charge < -0.3 is 10.6 Å². The van der Waals surface area contributed by atoms with Gasteiger partial charge in [0.25, 0.3) is 0 Å². The fourth-order valence-corrected chi connectivity index (χ4v) is 2.41. The van der Waals surface area contributed by atoms with Gasteiger partial charge in [-0.25, -0.2) is 4.99 Å². The smallest absolute Gasteiger partial charge is 0.196 e. The highest BCUT2D eigenvalue weighted by Gasteiger charge is 2.03. The normalized spacial score (nSPS) is 11.4. The number of aryl methyl sites for hydroxylation is 2. The minimum absolute atomic E-state index is 0.619. The number of hydrogen-bond acceptors (Lipinski definition) is 2. The monoisotopic (exact) mass is 333 g/mol. The summed E-state index contributed by atoms with van der Waals surface area (Å²) in [6.45, 7) is 3.36. The fraction of sp³-hybridized carbons (Fsp3) is 0.200. The molecule has 0 saturated carbocycles. The average molecular weight is 333 g/mol. The topological polar surface area (TPSA) is 54.2 Å². The van der Waals surface area contributed by atoms with Crippen LogP contribution in [0.2, 0.25) is 0 Å². The Morgan fingerprint density at radius 1 is 1.04 bits per heavy atom. The highest BCUT2D eigenvalue weighted by atomic mass is 15.3. The van der Waals surface area contributed by atoms with E-state index in [0.717, 1.165) is 17.3 Å². The van der Waals surface area contributed by atoms with Gasteiger partial charge in [-0.05, 0) is 30.7 Å². The van der Waals surface area contributed by atoms with E-state index < -0.39 is 0 Å². The molecule has 0 amide bonds. The van der Waals surface area contributed by atoms with Crippen molar-refractivity contribution in [2.24, 2.45) is 12.0 Å². The third kappa shape index (κ3) is 4.94. The molecule has 0 aliphatic rings. The minimum Gasteiger partial charge on any atom is -0.350 e. The van der Waals surface area contributed by atoms with E-state index in [0.29, 0.717) is 13.1 Å². The zero-order chi connectivity index (χ0) is 17.5. The maximum atomic E-state index is 4.71. The quantitative estimate of drug-likeness (QED) is 0.555. The Bertz CT molecular complexity index is 819. The van der Waals surface area contributed by atoms with Gasteiger partial charge in [-0.1, -0.05) is 48.0 Å². The number of rotatable bonds is 5.